The molecular weight excluding hydrogens is 206 g/mol. The second-order valence-corrected chi connectivity index (χ2v) is 4.10. The van der Waals surface area contributed by atoms with Crippen molar-refractivity contribution in [3.05, 3.63) is 12.2 Å². The molecule has 1 aromatic rings. The van der Waals surface area contributed by atoms with E-state index < -0.39 is 6.04 Å². The van der Waals surface area contributed by atoms with E-state index in [2.05, 4.69) is 20.5 Å². The van der Waals surface area contributed by atoms with E-state index >= 15 is 0 Å². The van der Waals surface area contributed by atoms with Gasteiger partial charge in [0.05, 0.1) is 6.04 Å². The number of nitrogens with zero attached hydrogens (tertiary/aromatic N) is 2. The van der Waals surface area contributed by atoms with Crippen molar-refractivity contribution in [3.8, 4) is 0 Å². The van der Waals surface area contributed by atoms with Crippen LogP contribution in [0.15, 0.2) is 6.33 Å². The second-order valence-electron chi connectivity index (χ2n) is 4.10. The van der Waals surface area contributed by atoms with E-state index in [1.54, 1.807) is 0 Å². The minimum atomic E-state index is -0.426. The highest BCUT2D eigenvalue weighted by atomic mass is 16.2. The van der Waals surface area contributed by atoms with Gasteiger partial charge in [-0.25, -0.2) is 4.98 Å². The van der Waals surface area contributed by atoms with E-state index in [9.17, 15) is 4.79 Å². The van der Waals surface area contributed by atoms with Gasteiger partial charge in [0.2, 0.25) is 5.91 Å². The number of carbonyl (C=O) groups excluding carboxylic acids is 1. The Kier molecular flexibility index (Phi) is 4.91. The van der Waals surface area contributed by atoms with Crippen LogP contribution in [-0.2, 0) is 11.2 Å². The summed E-state index contributed by atoms with van der Waals surface area (Å²) in [4.78, 5) is 15.5. The number of rotatable bonds is 6. The average Bonchev–Trinajstić information content (AvgIpc) is 2.75. The zero-order valence-electron chi connectivity index (χ0n) is 9.73. The lowest BCUT2D eigenvalue weighted by molar-refractivity contribution is -0.123. The van der Waals surface area contributed by atoms with Gasteiger partial charge in [-0.3, -0.25) is 9.89 Å². The second kappa shape index (κ2) is 6.22. The zero-order valence-corrected chi connectivity index (χ0v) is 9.73. The molecule has 0 aromatic carbocycles. The van der Waals surface area contributed by atoms with Crippen LogP contribution in [0.1, 0.15) is 26.1 Å². The number of nitrogens with two attached hydrogens (primary N) is 1. The molecule has 4 N–H and O–H groups in total. The minimum Gasteiger partial charge on any atom is -0.355 e. The first-order valence-corrected chi connectivity index (χ1v) is 5.48. The lowest BCUT2D eigenvalue weighted by Gasteiger charge is -2.14. The van der Waals surface area contributed by atoms with Crippen LogP contribution in [0.25, 0.3) is 0 Å². The molecule has 0 aliphatic heterocycles. The minimum absolute atomic E-state index is 0.0902. The van der Waals surface area contributed by atoms with Crippen molar-refractivity contribution < 1.29 is 4.79 Å². The van der Waals surface area contributed by atoms with Gasteiger partial charge < -0.3 is 11.1 Å². The summed E-state index contributed by atoms with van der Waals surface area (Å²) in [6, 6.07) is -0.426. The SMILES string of the molecule is CC(C)C(N)C(=O)NCCCc1ncn[nH]1. The molecule has 1 amide bonds. The van der Waals surface area contributed by atoms with Gasteiger partial charge in [-0.1, -0.05) is 13.8 Å². The van der Waals surface area contributed by atoms with Gasteiger partial charge in [0.1, 0.15) is 12.2 Å². The van der Waals surface area contributed by atoms with Gasteiger partial charge in [-0.05, 0) is 12.3 Å². The molecule has 6 nitrogen and oxygen atoms in total. The van der Waals surface area contributed by atoms with Gasteiger partial charge in [0.15, 0.2) is 0 Å². The van der Waals surface area contributed by atoms with E-state index in [0.717, 1.165) is 18.7 Å². The first kappa shape index (κ1) is 12.6. The van der Waals surface area contributed by atoms with Gasteiger partial charge in [-0.2, -0.15) is 5.10 Å². The number of hydrogen-bond acceptors (Lipinski definition) is 4. The third kappa shape index (κ3) is 3.98. The summed E-state index contributed by atoms with van der Waals surface area (Å²) in [6.07, 6.45) is 3.07. The maximum absolute atomic E-state index is 11.5. The van der Waals surface area contributed by atoms with Crippen LogP contribution in [0, 0.1) is 5.92 Å². The van der Waals surface area contributed by atoms with Crippen LogP contribution in [-0.4, -0.2) is 33.7 Å². The molecule has 1 aromatic heterocycles. The Balaban J connectivity index is 2.13. The summed E-state index contributed by atoms with van der Waals surface area (Å²) in [5.41, 5.74) is 5.70. The first-order valence-electron chi connectivity index (χ1n) is 5.48. The predicted octanol–water partition coefficient (Wildman–Crippen LogP) is -0.163. The fraction of sp³-hybridized carbons (Fsp3) is 0.700. The van der Waals surface area contributed by atoms with E-state index in [4.69, 9.17) is 5.73 Å². The Morgan fingerprint density at radius 1 is 1.62 bits per heavy atom. The predicted molar refractivity (Wildman–Crippen MR) is 60.5 cm³/mol. The van der Waals surface area contributed by atoms with Gasteiger partial charge in [-0.15, -0.1) is 0 Å². The molecule has 6 heteroatoms. The van der Waals surface area contributed by atoms with Crippen LogP contribution in [0.5, 0.6) is 0 Å². The molecule has 0 aliphatic carbocycles. The summed E-state index contributed by atoms with van der Waals surface area (Å²) in [6.45, 7) is 4.47. The standard InChI is InChI=1S/C10H19N5O/c1-7(2)9(11)10(16)12-5-3-4-8-13-6-14-15-8/h6-7,9H,3-5,11H2,1-2H3,(H,12,16)(H,13,14,15). The highest BCUT2D eigenvalue weighted by molar-refractivity contribution is 5.81. The maximum Gasteiger partial charge on any atom is 0.237 e. The lowest BCUT2D eigenvalue weighted by Crippen LogP contribution is -2.44. The molecule has 0 aliphatic rings. The summed E-state index contributed by atoms with van der Waals surface area (Å²) in [7, 11) is 0. The number of amides is 1. The van der Waals surface area contributed by atoms with Gasteiger partial charge in [0.25, 0.3) is 0 Å². The molecule has 0 bridgehead atoms. The maximum atomic E-state index is 11.5. The normalized spacial score (nSPS) is 12.8. The van der Waals surface area contributed by atoms with Crippen molar-refractivity contribution in [2.24, 2.45) is 11.7 Å². The monoisotopic (exact) mass is 225 g/mol. The highest BCUT2D eigenvalue weighted by Gasteiger charge is 2.15. The number of nitrogens with one attached hydrogen (secondary N) is 2. The lowest BCUT2D eigenvalue weighted by atomic mass is 10.1. The summed E-state index contributed by atoms with van der Waals surface area (Å²) in [5.74, 6) is 0.907. The molecule has 1 rings (SSSR count). The number of H-pyrrole nitrogens is 1. The fourth-order valence-electron chi connectivity index (χ4n) is 1.24. The first-order chi connectivity index (χ1) is 7.61. The van der Waals surface area contributed by atoms with E-state index in [0.29, 0.717) is 6.54 Å². The summed E-state index contributed by atoms with van der Waals surface area (Å²) < 4.78 is 0. The van der Waals surface area contributed by atoms with Crippen LogP contribution in [0.4, 0.5) is 0 Å². The molecule has 1 unspecified atom stereocenters. The van der Waals surface area contributed by atoms with E-state index in [1.807, 2.05) is 13.8 Å². The van der Waals surface area contributed by atoms with Crippen molar-refractivity contribution in [2.45, 2.75) is 32.7 Å². The van der Waals surface area contributed by atoms with Gasteiger partial charge >= 0.3 is 0 Å². The van der Waals surface area contributed by atoms with Crippen LogP contribution in [0.3, 0.4) is 0 Å². The third-order valence-electron chi connectivity index (χ3n) is 2.38. The molecule has 0 fully saturated rings. The van der Waals surface area contributed by atoms with Crippen LogP contribution < -0.4 is 11.1 Å². The van der Waals surface area contributed by atoms with Crippen LogP contribution in [0.2, 0.25) is 0 Å². The average molecular weight is 225 g/mol. The number of aromatic amines is 1. The molecule has 1 atom stereocenters. The van der Waals surface area contributed by atoms with Crippen molar-refractivity contribution in [1.82, 2.24) is 20.5 Å². The fourth-order valence-corrected chi connectivity index (χ4v) is 1.24. The number of aromatic nitrogens is 3. The Labute approximate surface area is 95.0 Å². The highest BCUT2D eigenvalue weighted by Crippen LogP contribution is 1.98. The van der Waals surface area contributed by atoms with E-state index in [1.165, 1.54) is 6.33 Å². The number of carbonyl (C=O) groups is 1. The Morgan fingerprint density at radius 3 is 2.94 bits per heavy atom. The molecule has 0 saturated heterocycles. The Morgan fingerprint density at radius 2 is 2.38 bits per heavy atom. The largest absolute Gasteiger partial charge is 0.355 e. The quantitative estimate of drug-likeness (QED) is 0.586. The molecule has 90 valence electrons. The number of aryl methyl sites for hydroxylation is 1. The topological polar surface area (TPSA) is 96.7 Å². The van der Waals surface area contributed by atoms with Crippen molar-refractivity contribution in [3.63, 3.8) is 0 Å². The molecule has 1 heterocycles. The Hall–Kier alpha value is -1.43. The smallest absolute Gasteiger partial charge is 0.237 e. The molecule has 0 radical (unpaired) electrons. The molecule has 0 saturated carbocycles. The van der Waals surface area contributed by atoms with Crippen molar-refractivity contribution in [1.29, 1.82) is 0 Å². The van der Waals surface area contributed by atoms with Crippen molar-refractivity contribution in [2.75, 3.05) is 6.54 Å². The summed E-state index contributed by atoms with van der Waals surface area (Å²) >= 11 is 0. The van der Waals surface area contributed by atoms with E-state index in [-0.39, 0.29) is 11.8 Å². The number of hydrogen-bond donors (Lipinski definition) is 3. The molecule has 0 spiro atoms. The summed E-state index contributed by atoms with van der Waals surface area (Å²) in [5, 5.41) is 9.31. The zero-order chi connectivity index (χ0) is 12.0. The molecule has 16 heavy (non-hydrogen) atoms. The Bertz CT molecular complexity index is 309. The van der Waals surface area contributed by atoms with Crippen LogP contribution >= 0.6 is 0 Å². The van der Waals surface area contributed by atoms with Gasteiger partial charge in [0, 0.05) is 13.0 Å². The molecular formula is C10H19N5O. The third-order valence-corrected chi connectivity index (χ3v) is 2.38. The van der Waals surface area contributed by atoms with Crippen molar-refractivity contribution >= 4 is 5.91 Å².